The van der Waals surface area contributed by atoms with Crippen LogP contribution in [0, 0.1) is 11.8 Å². The predicted molar refractivity (Wildman–Crippen MR) is 115 cm³/mol. The summed E-state index contributed by atoms with van der Waals surface area (Å²) < 4.78 is 1.80. The Hall–Kier alpha value is -2.55. The third-order valence-corrected chi connectivity index (χ3v) is 7.26. The van der Waals surface area contributed by atoms with E-state index in [1.165, 1.54) is 0 Å². The lowest BCUT2D eigenvalue weighted by atomic mass is 9.86. The van der Waals surface area contributed by atoms with Crippen LogP contribution in [-0.2, 0) is 17.9 Å². The van der Waals surface area contributed by atoms with E-state index in [1.807, 2.05) is 23.1 Å². The van der Waals surface area contributed by atoms with Gasteiger partial charge in [0, 0.05) is 82.0 Å². The zero-order valence-electron chi connectivity index (χ0n) is 17.8. The Morgan fingerprint density at radius 1 is 1.13 bits per heavy atom. The number of aliphatic hydroxyl groups is 1. The van der Waals surface area contributed by atoms with Gasteiger partial charge in [-0.2, -0.15) is 0 Å². The zero-order valence-corrected chi connectivity index (χ0v) is 17.8. The van der Waals surface area contributed by atoms with Crippen molar-refractivity contribution in [2.24, 2.45) is 11.8 Å². The van der Waals surface area contributed by atoms with Crippen molar-refractivity contribution in [1.82, 2.24) is 24.3 Å². The van der Waals surface area contributed by atoms with Gasteiger partial charge in [0.25, 0.3) is 5.56 Å². The molecule has 0 radical (unpaired) electrons. The van der Waals surface area contributed by atoms with Crippen LogP contribution in [0.5, 0.6) is 0 Å². The van der Waals surface area contributed by atoms with E-state index in [2.05, 4.69) is 21.8 Å². The largest absolute Gasteiger partial charge is 0.396 e. The maximum absolute atomic E-state index is 13.8. The zero-order chi connectivity index (χ0) is 21.5. The molecule has 0 unspecified atom stereocenters. The van der Waals surface area contributed by atoms with E-state index >= 15 is 0 Å². The molecule has 5 heterocycles. The van der Waals surface area contributed by atoms with Crippen molar-refractivity contribution in [3.63, 3.8) is 0 Å². The minimum Gasteiger partial charge on any atom is -0.396 e. The van der Waals surface area contributed by atoms with E-state index < -0.39 is 0 Å². The number of fused-ring (bicyclic) bond motifs is 4. The lowest BCUT2D eigenvalue weighted by Gasteiger charge is -2.39. The van der Waals surface area contributed by atoms with Gasteiger partial charge < -0.3 is 19.5 Å². The molecule has 164 valence electrons. The molecule has 0 spiro atoms. The molecule has 31 heavy (non-hydrogen) atoms. The molecule has 2 fully saturated rings. The van der Waals surface area contributed by atoms with Crippen molar-refractivity contribution < 1.29 is 9.90 Å². The number of aliphatic hydroxyl groups excluding tert-OH is 1. The maximum atomic E-state index is 13.8. The third-order valence-electron chi connectivity index (χ3n) is 7.26. The summed E-state index contributed by atoms with van der Waals surface area (Å²) in [5.41, 5.74) is 1.95. The van der Waals surface area contributed by atoms with E-state index in [-0.39, 0.29) is 42.0 Å². The van der Waals surface area contributed by atoms with Gasteiger partial charge in [-0.3, -0.25) is 19.5 Å². The lowest BCUT2D eigenvalue weighted by molar-refractivity contribution is -0.139. The molecule has 3 aliphatic heterocycles. The predicted octanol–water partition coefficient (Wildman–Crippen LogP) is 0.181. The molecule has 0 aromatic carbocycles. The van der Waals surface area contributed by atoms with Crippen molar-refractivity contribution in [1.29, 1.82) is 0 Å². The van der Waals surface area contributed by atoms with Gasteiger partial charge in [0.2, 0.25) is 5.91 Å². The van der Waals surface area contributed by atoms with Crippen LogP contribution in [0.3, 0.4) is 0 Å². The summed E-state index contributed by atoms with van der Waals surface area (Å²) in [6.07, 6.45) is 3.55. The molecule has 2 aromatic rings. The van der Waals surface area contributed by atoms with E-state index in [0.29, 0.717) is 26.2 Å². The van der Waals surface area contributed by atoms with Crippen molar-refractivity contribution >= 4 is 5.91 Å². The Balaban J connectivity index is 1.55. The van der Waals surface area contributed by atoms with Gasteiger partial charge in [0.1, 0.15) is 0 Å². The SMILES string of the molecule is CN1CCN(C(=O)[C@H]2[C@H](CO)[C@H]3Cn4c(cccc4=O)[C@@H]2N3Cc2ccncc2)CC1. The molecule has 0 aliphatic carbocycles. The summed E-state index contributed by atoms with van der Waals surface area (Å²) in [7, 11) is 2.07. The number of carbonyl (C=O) groups excluding carboxylic acids is 1. The summed E-state index contributed by atoms with van der Waals surface area (Å²) >= 11 is 0. The number of pyridine rings is 2. The fourth-order valence-electron chi connectivity index (χ4n) is 5.61. The molecule has 1 amide bonds. The van der Waals surface area contributed by atoms with Crippen LogP contribution in [-0.4, -0.2) is 81.1 Å². The fraction of sp³-hybridized carbons (Fsp3) is 0.522. The second-order valence-corrected chi connectivity index (χ2v) is 8.94. The average Bonchev–Trinajstić information content (AvgIpc) is 2.99. The summed E-state index contributed by atoms with van der Waals surface area (Å²) in [5, 5.41) is 10.4. The van der Waals surface area contributed by atoms with Gasteiger partial charge >= 0.3 is 0 Å². The number of hydrogen-bond acceptors (Lipinski definition) is 6. The number of aromatic nitrogens is 2. The van der Waals surface area contributed by atoms with Crippen LogP contribution in [0.15, 0.2) is 47.5 Å². The second-order valence-electron chi connectivity index (χ2n) is 8.94. The van der Waals surface area contributed by atoms with Gasteiger partial charge in [-0.05, 0) is 30.8 Å². The van der Waals surface area contributed by atoms with Crippen molar-refractivity contribution in [3.05, 3.63) is 64.3 Å². The summed E-state index contributed by atoms with van der Waals surface area (Å²) in [6.45, 7) is 4.19. The first-order valence-electron chi connectivity index (χ1n) is 11.0. The molecule has 8 nitrogen and oxygen atoms in total. The molecular weight excluding hydrogens is 394 g/mol. The van der Waals surface area contributed by atoms with Crippen LogP contribution < -0.4 is 5.56 Å². The first-order valence-corrected chi connectivity index (χ1v) is 11.0. The van der Waals surface area contributed by atoms with Crippen LogP contribution >= 0.6 is 0 Å². The van der Waals surface area contributed by atoms with Crippen LogP contribution in [0.4, 0.5) is 0 Å². The van der Waals surface area contributed by atoms with Gasteiger partial charge in [-0.25, -0.2) is 0 Å². The number of nitrogens with zero attached hydrogens (tertiary/aromatic N) is 5. The van der Waals surface area contributed by atoms with Gasteiger partial charge in [-0.1, -0.05) is 6.07 Å². The quantitative estimate of drug-likeness (QED) is 0.756. The highest BCUT2D eigenvalue weighted by atomic mass is 16.3. The number of piperazine rings is 1. The molecule has 0 saturated carbocycles. The first kappa shape index (κ1) is 20.4. The number of hydrogen-bond donors (Lipinski definition) is 1. The normalized spacial score (nSPS) is 28.5. The smallest absolute Gasteiger partial charge is 0.250 e. The van der Waals surface area contributed by atoms with Crippen molar-refractivity contribution in [2.75, 3.05) is 39.8 Å². The van der Waals surface area contributed by atoms with Gasteiger partial charge in [0.15, 0.2) is 0 Å². The Morgan fingerprint density at radius 3 is 2.58 bits per heavy atom. The number of likely N-dealkylation sites (N-methyl/N-ethyl adjacent to an activating group) is 1. The van der Waals surface area contributed by atoms with Crippen molar-refractivity contribution in [2.45, 2.75) is 25.2 Å². The Morgan fingerprint density at radius 2 is 1.87 bits per heavy atom. The summed E-state index contributed by atoms with van der Waals surface area (Å²) in [4.78, 5) is 37.0. The fourth-order valence-corrected chi connectivity index (χ4v) is 5.61. The average molecular weight is 424 g/mol. The molecule has 8 heteroatoms. The molecule has 1 N–H and O–H groups in total. The second kappa shape index (κ2) is 8.18. The van der Waals surface area contributed by atoms with E-state index in [0.717, 1.165) is 24.3 Å². The minimum atomic E-state index is -0.365. The molecule has 2 bridgehead atoms. The molecule has 2 aromatic heterocycles. The molecule has 5 rings (SSSR count). The van der Waals surface area contributed by atoms with Crippen LogP contribution in [0.25, 0.3) is 0 Å². The molecule has 3 aliphatic rings. The molecule has 4 atom stereocenters. The standard InChI is InChI=1S/C23H29N5O3/c1-25-9-11-26(12-10-25)23(31)21-17(15-29)19-14-27-18(3-2-4-20(27)30)22(21)28(19)13-16-5-7-24-8-6-16/h2-8,17,19,21-22,29H,9-15H2,1H3/t17-,19-,21+,22+/m1/s1. The van der Waals surface area contributed by atoms with Crippen LogP contribution in [0.1, 0.15) is 17.3 Å². The van der Waals surface area contributed by atoms with E-state index in [4.69, 9.17) is 0 Å². The number of carbonyl (C=O) groups is 1. The topological polar surface area (TPSA) is 81.9 Å². The van der Waals surface area contributed by atoms with Crippen molar-refractivity contribution in [3.8, 4) is 0 Å². The molecule has 2 saturated heterocycles. The highest BCUT2D eigenvalue weighted by molar-refractivity contribution is 5.81. The molecular formula is C23H29N5O3. The first-order chi connectivity index (χ1) is 15.1. The van der Waals surface area contributed by atoms with E-state index in [1.54, 1.807) is 29.1 Å². The van der Waals surface area contributed by atoms with Gasteiger partial charge in [-0.15, -0.1) is 0 Å². The van der Waals surface area contributed by atoms with E-state index in [9.17, 15) is 14.7 Å². The van der Waals surface area contributed by atoms with Gasteiger partial charge in [0.05, 0.1) is 12.0 Å². The highest BCUT2D eigenvalue weighted by Crippen LogP contribution is 2.49. The maximum Gasteiger partial charge on any atom is 0.250 e. The summed E-state index contributed by atoms with van der Waals surface area (Å²) in [6, 6.07) is 8.98. The highest BCUT2D eigenvalue weighted by Gasteiger charge is 2.56. The number of rotatable bonds is 4. The monoisotopic (exact) mass is 423 g/mol. The number of amides is 1. The lowest BCUT2D eigenvalue weighted by Crippen LogP contribution is -2.50. The third kappa shape index (κ3) is 3.48. The minimum absolute atomic E-state index is 0.0413. The Bertz CT molecular complexity index is 1000. The van der Waals surface area contributed by atoms with Crippen LogP contribution in [0.2, 0.25) is 0 Å². The summed E-state index contributed by atoms with van der Waals surface area (Å²) in [5.74, 6) is -0.474. The Labute approximate surface area is 181 Å². The Kier molecular flexibility index (Phi) is 5.37.